The summed E-state index contributed by atoms with van der Waals surface area (Å²) in [7, 11) is -3.24. The van der Waals surface area contributed by atoms with E-state index < -0.39 is 15.1 Å². The average molecular weight is 282 g/mol. The molecular formula is C11H20ClNO3S. The summed E-state index contributed by atoms with van der Waals surface area (Å²) in [6.07, 6.45) is 2.77. The van der Waals surface area contributed by atoms with Crippen molar-refractivity contribution in [3.05, 3.63) is 0 Å². The van der Waals surface area contributed by atoms with Crippen LogP contribution in [-0.4, -0.2) is 49.2 Å². The Labute approximate surface area is 108 Å². The van der Waals surface area contributed by atoms with E-state index >= 15 is 0 Å². The molecule has 0 aromatic carbocycles. The molecule has 1 unspecified atom stereocenters. The van der Waals surface area contributed by atoms with E-state index in [0.717, 1.165) is 12.8 Å². The van der Waals surface area contributed by atoms with E-state index in [4.69, 9.17) is 11.6 Å². The fourth-order valence-corrected chi connectivity index (χ4v) is 4.22. The maximum atomic E-state index is 12.2. The number of hydrogen-bond acceptors (Lipinski definition) is 3. The lowest BCUT2D eigenvalue weighted by Gasteiger charge is -2.28. The predicted molar refractivity (Wildman–Crippen MR) is 69.0 cm³/mol. The summed E-state index contributed by atoms with van der Waals surface area (Å²) in [6.45, 7) is 2.97. The number of hydrogen-bond donors (Lipinski definition) is 0. The van der Waals surface area contributed by atoms with Gasteiger partial charge in [-0.2, -0.15) is 0 Å². The molecule has 1 fully saturated rings. The van der Waals surface area contributed by atoms with Crippen molar-refractivity contribution in [3.8, 4) is 0 Å². The zero-order valence-corrected chi connectivity index (χ0v) is 11.8. The molecule has 1 aliphatic heterocycles. The Bertz CT molecular complexity index is 350. The molecule has 1 rings (SSSR count). The van der Waals surface area contributed by atoms with E-state index in [2.05, 4.69) is 0 Å². The lowest BCUT2D eigenvalue weighted by atomic mass is 10.1. The molecule has 1 atom stereocenters. The molecule has 0 aromatic heterocycles. The van der Waals surface area contributed by atoms with Gasteiger partial charge in [-0.15, -0.1) is 11.6 Å². The van der Waals surface area contributed by atoms with Crippen molar-refractivity contribution in [1.82, 2.24) is 4.90 Å². The van der Waals surface area contributed by atoms with Gasteiger partial charge in [0.15, 0.2) is 9.84 Å². The van der Waals surface area contributed by atoms with Crippen LogP contribution < -0.4 is 0 Å². The van der Waals surface area contributed by atoms with Crippen molar-refractivity contribution < 1.29 is 13.2 Å². The van der Waals surface area contributed by atoms with E-state index in [-0.39, 0.29) is 11.7 Å². The van der Waals surface area contributed by atoms with Crippen molar-refractivity contribution in [2.45, 2.75) is 37.9 Å². The van der Waals surface area contributed by atoms with E-state index in [1.165, 1.54) is 0 Å². The normalized spacial score (nSPS) is 23.3. The summed E-state index contributed by atoms with van der Waals surface area (Å²) in [5.41, 5.74) is 0. The van der Waals surface area contributed by atoms with E-state index in [9.17, 15) is 13.2 Å². The molecule has 0 N–H and O–H groups in total. The number of alkyl halides is 1. The van der Waals surface area contributed by atoms with Gasteiger partial charge in [-0.1, -0.05) is 13.3 Å². The highest BCUT2D eigenvalue weighted by Gasteiger charge is 2.36. The maximum absolute atomic E-state index is 12.2. The number of sulfone groups is 1. The van der Waals surface area contributed by atoms with Crippen LogP contribution in [0.3, 0.4) is 0 Å². The third-order valence-electron chi connectivity index (χ3n) is 3.01. The largest absolute Gasteiger partial charge is 0.340 e. The Morgan fingerprint density at radius 3 is 2.59 bits per heavy atom. The monoisotopic (exact) mass is 281 g/mol. The Morgan fingerprint density at radius 1 is 1.35 bits per heavy atom. The molecule has 1 aliphatic rings. The van der Waals surface area contributed by atoms with Crippen LogP contribution in [0.1, 0.15) is 32.6 Å². The number of amides is 1. The SMILES string of the molecule is CCCN(CCCl)C(=O)C1CCCCS1(=O)=O. The topological polar surface area (TPSA) is 54.5 Å². The van der Waals surface area contributed by atoms with Gasteiger partial charge in [0.05, 0.1) is 5.75 Å². The number of carbonyl (C=O) groups is 1. The summed E-state index contributed by atoms with van der Waals surface area (Å²) in [5.74, 6) is 0.232. The minimum absolute atomic E-state index is 0.143. The van der Waals surface area contributed by atoms with Gasteiger partial charge in [0.25, 0.3) is 0 Å². The Kier molecular flexibility index (Phi) is 5.73. The summed E-state index contributed by atoms with van der Waals surface area (Å²) >= 11 is 5.64. The second-order valence-electron chi connectivity index (χ2n) is 4.37. The molecule has 6 heteroatoms. The van der Waals surface area contributed by atoms with Gasteiger partial charge < -0.3 is 4.90 Å². The lowest BCUT2D eigenvalue weighted by Crippen LogP contribution is -2.46. The molecule has 1 heterocycles. The van der Waals surface area contributed by atoms with Crippen molar-refractivity contribution in [2.75, 3.05) is 24.7 Å². The van der Waals surface area contributed by atoms with Crippen molar-refractivity contribution in [2.24, 2.45) is 0 Å². The van der Waals surface area contributed by atoms with Gasteiger partial charge in [-0.05, 0) is 19.3 Å². The first-order valence-electron chi connectivity index (χ1n) is 6.09. The second-order valence-corrected chi connectivity index (χ2v) is 7.05. The number of halogens is 1. The first-order valence-corrected chi connectivity index (χ1v) is 8.34. The standard InChI is InChI=1S/C11H20ClNO3S/c1-2-7-13(8-6-12)11(14)10-5-3-4-9-17(10,15)16/h10H,2-9H2,1H3. The smallest absolute Gasteiger partial charge is 0.240 e. The summed E-state index contributed by atoms with van der Waals surface area (Å²) < 4.78 is 23.7. The third kappa shape index (κ3) is 3.85. The highest BCUT2D eigenvalue weighted by molar-refractivity contribution is 7.92. The van der Waals surface area contributed by atoms with Crippen LogP contribution in [0.25, 0.3) is 0 Å². The number of rotatable bonds is 5. The van der Waals surface area contributed by atoms with Crippen molar-refractivity contribution >= 4 is 27.3 Å². The van der Waals surface area contributed by atoms with Gasteiger partial charge in [0, 0.05) is 19.0 Å². The van der Waals surface area contributed by atoms with Crippen LogP contribution in [-0.2, 0) is 14.6 Å². The van der Waals surface area contributed by atoms with Crippen LogP contribution in [0.5, 0.6) is 0 Å². The van der Waals surface area contributed by atoms with Gasteiger partial charge in [0.1, 0.15) is 5.25 Å². The minimum atomic E-state index is -3.24. The van der Waals surface area contributed by atoms with Crippen LogP contribution in [0.4, 0.5) is 0 Å². The van der Waals surface area contributed by atoms with Gasteiger partial charge in [-0.3, -0.25) is 4.79 Å². The lowest BCUT2D eigenvalue weighted by molar-refractivity contribution is -0.130. The Morgan fingerprint density at radius 2 is 2.06 bits per heavy atom. The molecule has 17 heavy (non-hydrogen) atoms. The Balaban J connectivity index is 2.78. The van der Waals surface area contributed by atoms with Gasteiger partial charge in [0.2, 0.25) is 5.91 Å². The fourth-order valence-electron chi connectivity index (χ4n) is 2.14. The zero-order valence-electron chi connectivity index (χ0n) is 10.2. The average Bonchev–Trinajstić information content (AvgIpc) is 2.27. The highest BCUT2D eigenvalue weighted by Crippen LogP contribution is 2.21. The van der Waals surface area contributed by atoms with Crippen molar-refractivity contribution in [3.63, 3.8) is 0 Å². The molecule has 0 saturated carbocycles. The third-order valence-corrected chi connectivity index (χ3v) is 5.34. The Hall–Kier alpha value is -0.290. The molecule has 0 radical (unpaired) electrons. The minimum Gasteiger partial charge on any atom is -0.340 e. The van der Waals surface area contributed by atoms with E-state index in [0.29, 0.717) is 31.8 Å². The van der Waals surface area contributed by atoms with Crippen LogP contribution >= 0.6 is 11.6 Å². The molecule has 0 bridgehead atoms. The van der Waals surface area contributed by atoms with Gasteiger partial charge >= 0.3 is 0 Å². The predicted octanol–water partition coefficient (Wildman–Crippen LogP) is 1.43. The second kappa shape index (κ2) is 6.59. The molecule has 1 amide bonds. The molecule has 0 spiro atoms. The highest BCUT2D eigenvalue weighted by atomic mass is 35.5. The maximum Gasteiger partial charge on any atom is 0.240 e. The zero-order chi connectivity index (χ0) is 12.9. The first-order chi connectivity index (χ1) is 8.03. The summed E-state index contributed by atoms with van der Waals surface area (Å²) in [5, 5.41) is -0.828. The number of nitrogens with zero attached hydrogens (tertiary/aromatic N) is 1. The van der Waals surface area contributed by atoms with E-state index in [1.54, 1.807) is 4.90 Å². The van der Waals surface area contributed by atoms with Crippen LogP contribution in [0, 0.1) is 0 Å². The molecular weight excluding hydrogens is 262 g/mol. The summed E-state index contributed by atoms with van der Waals surface area (Å²) in [4.78, 5) is 13.8. The van der Waals surface area contributed by atoms with E-state index in [1.807, 2.05) is 6.92 Å². The fraction of sp³-hybridized carbons (Fsp3) is 0.909. The van der Waals surface area contributed by atoms with Crippen molar-refractivity contribution in [1.29, 1.82) is 0 Å². The molecule has 1 saturated heterocycles. The quantitative estimate of drug-likeness (QED) is 0.717. The van der Waals surface area contributed by atoms with Gasteiger partial charge in [-0.25, -0.2) is 8.42 Å². The van der Waals surface area contributed by atoms with Crippen LogP contribution in [0.15, 0.2) is 0 Å². The molecule has 100 valence electrons. The molecule has 0 aliphatic carbocycles. The summed E-state index contributed by atoms with van der Waals surface area (Å²) in [6, 6.07) is 0. The number of carbonyl (C=O) groups excluding carboxylic acids is 1. The van der Waals surface area contributed by atoms with Crippen LogP contribution in [0.2, 0.25) is 0 Å². The molecule has 0 aromatic rings. The first kappa shape index (κ1) is 14.8. The molecule has 4 nitrogen and oxygen atoms in total.